The maximum atomic E-state index is 11.1. The smallest absolute Gasteiger partial charge is 0.246 e. The number of hydrogen-bond donors (Lipinski definition) is 2. The van der Waals surface area contributed by atoms with Gasteiger partial charge >= 0.3 is 0 Å². The van der Waals surface area contributed by atoms with E-state index in [4.69, 9.17) is 5.11 Å². The molecule has 0 aliphatic heterocycles. The Labute approximate surface area is 76.1 Å². The molecule has 0 aromatic carbocycles. The molecule has 0 heterocycles. The van der Waals surface area contributed by atoms with E-state index in [1.54, 1.807) is 0 Å². The van der Waals surface area contributed by atoms with Crippen molar-refractivity contribution in [1.29, 1.82) is 0 Å². The summed E-state index contributed by atoms with van der Waals surface area (Å²) in [6.45, 7) is 2.12. The van der Waals surface area contributed by atoms with E-state index in [-0.39, 0.29) is 18.0 Å². The first-order valence-electron chi connectivity index (χ1n) is 3.89. The summed E-state index contributed by atoms with van der Waals surface area (Å²) in [5, 5.41) is 10.6. The zero-order valence-corrected chi connectivity index (χ0v) is 7.66. The van der Waals surface area contributed by atoms with Gasteiger partial charge in [-0.3, -0.25) is 14.4 Å². The first-order chi connectivity index (χ1) is 5.97. The molecule has 0 saturated heterocycles. The molecule has 5 nitrogen and oxygen atoms in total. The third-order valence-corrected chi connectivity index (χ3v) is 1.43. The molecule has 13 heavy (non-hydrogen) atoms. The molecule has 0 fully saturated rings. The fraction of sp³-hybridized carbons (Fsp3) is 0.625. The molecule has 0 bridgehead atoms. The van der Waals surface area contributed by atoms with Crippen molar-refractivity contribution in [2.45, 2.75) is 26.3 Å². The second kappa shape index (κ2) is 5.42. The van der Waals surface area contributed by atoms with Gasteiger partial charge in [-0.2, -0.15) is 0 Å². The van der Waals surface area contributed by atoms with Crippen molar-refractivity contribution in [3.8, 4) is 0 Å². The van der Waals surface area contributed by atoms with Crippen LogP contribution in [0, 0.1) is 0 Å². The number of ketones is 2. The van der Waals surface area contributed by atoms with E-state index in [0.29, 0.717) is 0 Å². The number of amides is 1. The molecule has 0 aromatic heterocycles. The molecule has 5 heteroatoms. The molecule has 1 amide bonds. The SMILES string of the molecule is CC(=O)CC(=O)C(C)NC(=O)CO. The van der Waals surface area contributed by atoms with Gasteiger partial charge in [-0.1, -0.05) is 0 Å². The molecule has 0 radical (unpaired) electrons. The van der Waals surface area contributed by atoms with E-state index in [0.717, 1.165) is 0 Å². The lowest BCUT2D eigenvalue weighted by molar-refractivity contribution is -0.131. The summed E-state index contributed by atoms with van der Waals surface area (Å²) in [7, 11) is 0. The Balaban J connectivity index is 3.96. The number of carbonyl (C=O) groups is 3. The minimum atomic E-state index is -0.719. The third kappa shape index (κ3) is 5.08. The zero-order valence-electron chi connectivity index (χ0n) is 7.66. The van der Waals surface area contributed by atoms with E-state index >= 15 is 0 Å². The van der Waals surface area contributed by atoms with Crippen LogP contribution in [0.25, 0.3) is 0 Å². The summed E-state index contributed by atoms with van der Waals surface area (Å²) in [4.78, 5) is 32.2. The summed E-state index contributed by atoms with van der Waals surface area (Å²) in [5.41, 5.74) is 0. The van der Waals surface area contributed by atoms with Crippen molar-refractivity contribution < 1.29 is 19.5 Å². The van der Waals surface area contributed by atoms with Gasteiger partial charge in [0.25, 0.3) is 0 Å². The van der Waals surface area contributed by atoms with Crippen molar-refractivity contribution in [1.82, 2.24) is 5.32 Å². The van der Waals surface area contributed by atoms with Crippen molar-refractivity contribution in [2.24, 2.45) is 0 Å². The number of Topliss-reactive ketones (excluding diaryl/α,β-unsaturated/α-hetero) is 2. The summed E-state index contributed by atoms with van der Waals surface area (Å²) < 4.78 is 0. The fourth-order valence-corrected chi connectivity index (χ4v) is 0.766. The average Bonchev–Trinajstić information content (AvgIpc) is 2.02. The summed E-state index contributed by atoms with van der Waals surface area (Å²) in [6, 6.07) is -0.719. The molecule has 0 aliphatic rings. The van der Waals surface area contributed by atoms with Crippen LogP contribution in [-0.2, 0) is 14.4 Å². The van der Waals surface area contributed by atoms with E-state index in [1.165, 1.54) is 13.8 Å². The van der Waals surface area contributed by atoms with E-state index in [9.17, 15) is 14.4 Å². The topological polar surface area (TPSA) is 83.5 Å². The summed E-state index contributed by atoms with van der Waals surface area (Å²) in [6.07, 6.45) is -0.188. The maximum Gasteiger partial charge on any atom is 0.246 e. The normalized spacial score (nSPS) is 11.9. The van der Waals surface area contributed by atoms with Crippen LogP contribution in [0.3, 0.4) is 0 Å². The predicted octanol–water partition coefficient (Wildman–Crippen LogP) is -0.968. The first-order valence-corrected chi connectivity index (χ1v) is 3.89. The monoisotopic (exact) mass is 187 g/mol. The molecule has 74 valence electrons. The number of carbonyl (C=O) groups excluding carboxylic acids is 3. The highest BCUT2D eigenvalue weighted by atomic mass is 16.3. The molecule has 0 rings (SSSR count). The van der Waals surface area contributed by atoms with E-state index < -0.39 is 18.6 Å². The third-order valence-electron chi connectivity index (χ3n) is 1.43. The molecular weight excluding hydrogens is 174 g/mol. The number of hydrogen-bond acceptors (Lipinski definition) is 4. The zero-order chi connectivity index (χ0) is 10.4. The van der Waals surface area contributed by atoms with Crippen LogP contribution in [0.2, 0.25) is 0 Å². The molecule has 0 aliphatic carbocycles. The Morgan fingerprint density at radius 2 is 1.92 bits per heavy atom. The van der Waals surface area contributed by atoms with E-state index in [2.05, 4.69) is 5.32 Å². The highest BCUT2D eigenvalue weighted by Crippen LogP contribution is 1.92. The van der Waals surface area contributed by atoms with Gasteiger partial charge in [-0.25, -0.2) is 0 Å². The predicted molar refractivity (Wildman–Crippen MR) is 45.0 cm³/mol. The summed E-state index contributed by atoms with van der Waals surface area (Å²) in [5.74, 6) is -1.21. The van der Waals surface area contributed by atoms with Crippen molar-refractivity contribution in [2.75, 3.05) is 6.61 Å². The Morgan fingerprint density at radius 1 is 1.38 bits per heavy atom. The lowest BCUT2D eigenvalue weighted by Crippen LogP contribution is -2.40. The maximum absolute atomic E-state index is 11.1. The number of aliphatic hydroxyl groups is 1. The van der Waals surface area contributed by atoms with Crippen molar-refractivity contribution >= 4 is 17.5 Å². The molecule has 1 atom stereocenters. The van der Waals surface area contributed by atoms with Crippen LogP contribution >= 0.6 is 0 Å². The van der Waals surface area contributed by atoms with Gasteiger partial charge in [0.05, 0.1) is 12.5 Å². The van der Waals surface area contributed by atoms with Crippen molar-refractivity contribution in [3.05, 3.63) is 0 Å². The van der Waals surface area contributed by atoms with Crippen LogP contribution in [0.1, 0.15) is 20.3 Å². The van der Waals surface area contributed by atoms with Gasteiger partial charge in [0.2, 0.25) is 5.91 Å². The largest absolute Gasteiger partial charge is 0.387 e. The minimum absolute atomic E-state index is 0.188. The Morgan fingerprint density at radius 3 is 2.31 bits per heavy atom. The van der Waals surface area contributed by atoms with Crippen LogP contribution in [0.5, 0.6) is 0 Å². The number of nitrogens with one attached hydrogen (secondary N) is 1. The number of rotatable bonds is 5. The molecule has 0 spiro atoms. The van der Waals surface area contributed by atoms with Gasteiger partial charge in [-0.15, -0.1) is 0 Å². The van der Waals surface area contributed by atoms with Gasteiger partial charge in [0.15, 0.2) is 5.78 Å². The van der Waals surface area contributed by atoms with Crippen LogP contribution in [0.15, 0.2) is 0 Å². The average molecular weight is 187 g/mol. The Kier molecular flexibility index (Phi) is 4.91. The van der Waals surface area contributed by atoms with E-state index in [1.807, 2.05) is 0 Å². The molecule has 0 saturated carbocycles. The quantitative estimate of drug-likeness (QED) is 0.542. The molecular formula is C8H13NO4. The Bertz CT molecular complexity index is 224. The van der Waals surface area contributed by atoms with Crippen LogP contribution in [-0.4, -0.2) is 35.2 Å². The first kappa shape index (κ1) is 11.8. The lowest BCUT2D eigenvalue weighted by atomic mass is 10.1. The molecule has 1 unspecified atom stereocenters. The van der Waals surface area contributed by atoms with Gasteiger partial charge in [0.1, 0.15) is 12.4 Å². The second-order valence-corrected chi connectivity index (χ2v) is 2.79. The lowest BCUT2D eigenvalue weighted by Gasteiger charge is -2.10. The van der Waals surface area contributed by atoms with Gasteiger partial charge in [0, 0.05) is 0 Å². The molecule has 0 aromatic rings. The fourth-order valence-electron chi connectivity index (χ4n) is 0.766. The highest BCUT2D eigenvalue weighted by Gasteiger charge is 2.15. The standard InChI is InChI=1S/C8H13NO4/c1-5(11)3-7(12)6(2)9-8(13)4-10/h6,10H,3-4H2,1-2H3,(H,9,13). The van der Waals surface area contributed by atoms with Gasteiger partial charge in [-0.05, 0) is 13.8 Å². The van der Waals surface area contributed by atoms with Gasteiger partial charge < -0.3 is 10.4 Å². The molecule has 2 N–H and O–H groups in total. The van der Waals surface area contributed by atoms with Crippen LogP contribution in [0.4, 0.5) is 0 Å². The van der Waals surface area contributed by atoms with Crippen molar-refractivity contribution in [3.63, 3.8) is 0 Å². The van der Waals surface area contributed by atoms with Crippen LogP contribution < -0.4 is 5.32 Å². The Hall–Kier alpha value is -1.23. The summed E-state index contributed by atoms with van der Waals surface area (Å²) >= 11 is 0. The number of aliphatic hydroxyl groups excluding tert-OH is 1. The second-order valence-electron chi connectivity index (χ2n) is 2.79. The minimum Gasteiger partial charge on any atom is -0.387 e. The highest BCUT2D eigenvalue weighted by molar-refractivity contribution is 6.01.